The van der Waals surface area contributed by atoms with Crippen molar-refractivity contribution in [2.24, 2.45) is 11.8 Å². The number of benzene rings is 1. The normalized spacial score (nSPS) is 22.7. The number of carbonyl (C=O) groups excluding carboxylic acids is 1. The van der Waals surface area contributed by atoms with Crippen LogP contribution >= 0.6 is 11.3 Å². The van der Waals surface area contributed by atoms with E-state index >= 15 is 0 Å². The molecule has 2 fully saturated rings. The average Bonchev–Trinajstić information content (AvgIpc) is 3.63. The summed E-state index contributed by atoms with van der Waals surface area (Å²) in [6, 6.07) is 6.66. The van der Waals surface area contributed by atoms with Crippen LogP contribution in [0.15, 0.2) is 28.5 Å². The summed E-state index contributed by atoms with van der Waals surface area (Å²) in [5.74, 6) is 1.87. The van der Waals surface area contributed by atoms with E-state index in [2.05, 4.69) is 41.8 Å². The summed E-state index contributed by atoms with van der Waals surface area (Å²) in [6.07, 6.45) is 6.11. The Labute approximate surface area is 250 Å². The van der Waals surface area contributed by atoms with Gasteiger partial charge in [-0.2, -0.15) is 4.31 Å². The molecule has 1 N–H and O–H groups in total. The number of ether oxygens (including phenoxy) is 2. The highest BCUT2D eigenvalue weighted by Crippen LogP contribution is 2.41. The fraction of sp³-hybridized carbons (Fsp3) is 0.645. The first kappa shape index (κ1) is 31.9. The lowest BCUT2D eigenvalue weighted by atomic mass is 9.76. The van der Waals surface area contributed by atoms with Crippen molar-refractivity contribution in [3.8, 4) is 5.75 Å². The summed E-state index contributed by atoms with van der Waals surface area (Å²) in [4.78, 5) is 16.6. The summed E-state index contributed by atoms with van der Waals surface area (Å²) < 4.78 is 39.7. The van der Waals surface area contributed by atoms with Gasteiger partial charge in [0.25, 0.3) is 0 Å². The molecule has 2 atom stereocenters. The Morgan fingerprint density at radius 2 is 1.88 bits per heavy atom. The third-order valence-electron chi connectivity index (χ3n) is 8.96. The van der Waals surface area contributed by atoms with E-state index < -0.39 is 10.0 Å². The molecular weight excluding hydrogens is 558 g/mol. The number of aryl methyl sites for hydroxylation is 1. The Morgan fingerprint density at radius 3 is 2.51 bits per heavy atom. The van der Waals surface area contributed by atoms with Gasteiger partial charge in [-0.25, -0.2) is 8.42 Å². The predicted molar refractivity (Wildman–Crippen MR) is 164 cm³/mol. The molecule has 2 aromatic rings. The maximum absolute atomic E-state index is 13.5. The second-order valence-corrected chi connectivity index (χ2v) is 14.8. The van der Waals surface area contributed by atoms with E-state index in [0.29, 0.717) is 59.2 Å². The highest BCUT2D eigenvalue weighted by atomic mass is 32.2. The topological polar surface area (TPSA) is 88.2 Å². The number of nitrogens with zero attached hydrogens (tertiary/aromatic N) is 2. The van der Waals surface area contributed by atoms with Gasteiger partial charge in [-0.15, -0.1) is 11.3 Å². The zero-order valence-electron chi connectivity index (χ0n) is 25.4. The number of sulfonamides is 1. The molecule has 1 saturated heterocycles. The summed E-state index contributed by atoms with van der Waals surface area (Å²) in [7, 11) is 2.27. The third-order valence-corrected chi connectivity index (χ3v) is 12.1. The van der Waals surface area contributed by atoms with Crippen LogP contribution in [-0.2, 0) is 19.6 Å². The quantitative estimate of drug-likeness (QED) is 0.363. The molecule has 10 heteroatoms. The number of carbonyl (C=O) groups is 1. The van der Waals surface area contributed by atoms with E-state index in [-0.39, 0.29) is 25.2 Å². The molecular formula is C31H47N3O5S2. The average molecular weight is 606 g/mol. The van der Waals surface area contributed by atoms with Gasteiger partial charge in [-0.3, -0.25) is 4.79 Å². The van der Waals surface area contributed by atoms with Gasteiger partial charge in [0.2, 0.25) is 15.9 Å². The van der Waals surface area contributed by atoms with Crippen LogP contribution in [-0.4, -0.2) is 77.1 Å². The van der Waals surface area contributed by atoms with E-state index in [4.69, 9.17) is 9.47 Å². The predicted octanol–water partition coefficient (Wildman–Crippen LogP) is 5.08. The van der Waals surface area contributed by atoms with E-state index in [0.717, 1.165) is 12.0 Å². The summed E-state index contributed by atoms with van der Waals surface area (Å²) in [6.45, 7) is 6.73. The molecule has 1 saturated carbocycles. The molecule has 1 aromatic heterocycles. The fourth-order valence-electron chi connectivity index (χ4n) is 6.63. The lowest BCUT2D eigenvalue weighted by molar-refractivity contribution is -0.127. The minimum absolute atomic E-state index is 0.0453. The maximum Gasteiger partial charge on any atom is 0.246 e. The highest BCUT2D eigenvalue weighted by molar-refractivity contribution is 7.89. The molecule has 2 unspecified atom stereocenters. The molecule has 1 aliphatic carbocycles. The van der Waals surface area contributed by atoms with E-state index in [1.165, 1.54) is 34.9 Å². The number of hydrogen-bond donors (Lipinski definition) is 1. The van der Waals surface area contributed by atoms with Crippen LogP contribution in [0.2, 0.25) is 0 Å². The van der Waals surface area contributed by atoms with Crippen LogP contribution in [0.4, 0.5) is 0 Å². The van der Waals surface area contributed by atoms with Crippen molar-refractivity contribution in [1.29, 1.82) is 0 Å². The first-order chi connectivity index (χ1) is 19.5. The Hall–Kier alpha value is -1.98. The van der Waals surface area contributed by atoms with Crippen LogP contribution in [0, 0.1) is 32.6 Å². The Morgan fingerprint density at radius 1 is 1.15 bits per heavy atom. The smallest absolute Gasteiger partial charge is 0.246 e. The van der Waals surface area contributed by atoms with Crippen LogP contribution in [0.5, 0.6) is 5.75 Å². The lowest BCUT2D eigenvalue weighted by Gasteiger charge is -2.37. The van der Waals surface area contributed by atoms with Gasteiger partial charge in [-0.1, -0.05) is 18.9 Å². The van der Waals surface area contributed by atoms with Crippen molar-refractivity contribution >= 4 is 27.3 Å². The molecule has 2 heterocycles. The molecule has 0 bridgehead atoms. The molecule has 4 rings (SSSR count). The van der Waals surface area contributed by atoms with Gasteiger partial charge in [0.05, 0.1) is 18.1 Å². The Balaban J connectivity index is 1.18. The first-order valence-electron chi connectivity index (χ1n) is 14.8. The van der Waals surface area contributed by atoms with Crippen LogP contribution in [0.3, 0.4) is 0 Å². The molecule has 2 aliphatic rings. The van der Waals surface area contributed by atoms with Crippen molar-refractivity contribution in [3.63, 3.8) is 0 Å². The lowest BCUT2D eigenvalue weighted by Crippen LogP contribution is -2.34. The van der Waals surface area contributed by atoms with Crippen LogP contribution in [0.1, 0.15) is 66.1 Å². The Kier molecular flexibility index (Phi) is 10.9. The second kappa shape index (κ2) is 14.0. The monoisotopic (exact) mass is 605 g/mol. The second-order valence-electron chi connectivity index (χ2n) is 11.9. The van der Waals surface area contributed by atoms with Crippen molar-refractivity contribution in [3.05, 3.63) is 45.1 Å². The van der Waals surface area contributed by atoms with Crippen molar-refractivity contribution < 1.29 is 22.7 Å². The molecule has 1 aliphatic heterocycles. The van der Waals surface area contributed by atoms with Gasteiger partial charge in [-0.05, 0) is 107 Å². The number of nitrogens with one attached hydrogen (secondary N) is 1. The van der Waals surface area contributed by atoms with Crippen molar-refractivity contribution in [2.75, 3.05) is 47.4 Å². The van der Waals surface area contributed by atoms with Gasteiger partial charge in [0.1, 0.15) is 12.4 Å². The largest absolute Gasteiger partial charge is 0.496 e. The van der Waals surface area contributed by atoms with Crippen LogP contribution < -0.4 is 10.1 Å². The van der Waals surface area contributed by atoms with E-state index in [1.54, 1.807) is 20.1 Å². The number of methoxy groups -OCH3 is 1. The summed E-state index contributed by atoms with van der Waals surface area (Å²) in [5, 5.41) is 5.18. The number of thiophene rings is 1. The molecule has 1 aromatic carbocycles. The Bertz CT molecular complexity index is 1270. The van der Waals surface area contributed by atoms with Crippen molar-refractivity contribution in [1.82, 2.24) is 14.5 Å². The molecule has 0 spiro atoms. The summed E-state index contributed by atoms with van der Waals surface area (Å²) in [5.41, 5.74) is 2.20. The minimum atomic E-state index is -3.68. The highest BCUT2D eigenvalue weighted by Gasteiger charge is 2.36. The standard InChI is InChI=1S/C31H47N3O5S2/c1-21-18-27(38-6)22(2)23(3)31(21)41(36,37)34-16-14-26(19-34)39-20-29(35)32-15-13-24-9-11-25(12-10-24)30(33(4)5)28-8-7-17-40-28/h7-8,17-18,24-26,30H,9-16,19-20H2,1-6H3,(H,32,35). The molecule has 41 heavy (non-hydrogen) atoms. The van der Waals surface area contributed by atoms with Crippen LogP contribution in [0.25, 0.3) is 0 Å². The summed E-state index contributed by atoms with van der Waals surface area (Å²) >= 11 is 1.85. The minimum Gasteiger partial charge on any atom is -0.496 e. The van der Waals surface area contributed by atoms with Crippen molar-refractivity contribution in [2.45, 2.75) is 76.3 Å². The molecule has 8 nitrogen and oxygen atoms in total. The maximum atomic E-state index is 13.5. The molecule has 1 amide bonds. The van der Waals surface area contributed by atoms with E-state index in [9.17, 15) is 13.2 Å². The number of rotatable bonds is 12. The molecule has 228 valence electrons. The zero-order valence-corrected chi connectivity index (χ0v) is 27.1. The first-order valence-corrected chi connectivity index (χ1v) is 17.1. The van der Waals surface area contributed by atoms with Gasteiger partial charge in [0.15, 0.2) is 0 Å². The number of hydrogen-bond acceptors (Lipinski definition) is 7. The fourth-order valence-corrected chi connectivity index (χ4v) is 9.62. The van der Waals surface area contributed by atoms with Gasteiger partial charge in [0, 0.05) is 30.6 Å². The molecule has 0 radical (unpaired) electrons. The van der Waals surface area contributed by atoms with Gasteiger partial charge < -0.3 is 19.7 Å². The van der Waals surface area contributed by atoms with E-state index in [1.807, 2.05) is 25.2 Å². The number of amides is 1. The third kappa shape index (κ3) is 7.51. The SMILES string of the molecule is COc1cc(C)c(S(=O)(=O)N2CCC(OCC(=O)NCCC3CCC(C(c4cccs4)N(C)C)CC3)C2)c(C)c1C. The zero-order chi connectivity index (χ0) is 29.7. The van der Waals surface area contributed by atoms with Gasteiger partial charge >= 0.3 is 0 Å².